The van der Waals surface area contributed by atoms with Crippen LogP contribution in [0.2, 0.25) is 0 Å². The summed E-state index contributed by atoms with van der Waals surface area (Å²) >= 11 is 0. The second-order valence-electron chi connectivity index (χ2n) is 15.7. The van der Waals surface area contributed by atoms with Gasteiger partial charge in [0.1, 0.15) is 0 Å². The minimum Gasteiger partial charge on any atom is -0.208 e. The summed E-state index contributed by atoms with van der Waals surface area (Å²) in [6, 6.07) is 55.8. The van der Waals surface area contributed by atoms with E-state index < -0.39 is 5.41 Å². The van der Waals surface area contributed by atoms with E-state index in [-0.39, 0.29) is 11.3 Å². The van der Waals surface area contributed by atoms with E-state index in [0.717, 1.165) is 33.4 Å². The van der Waals surface area contributed by atoms with Crippen LogP contribution in [-0.2, 0) is 10.8 Å². The monoisotopic (exact) mass is 719 g/mol. The molecule has 0 aliphatic heterocycles. The molecule has 1 spiro atoms. The van der Waals surface area contributed by atoms with Crippen LogP contribution < -0.4 is 0 Å². The van der Waals surface area contributed by atoms with Gasteiger partial charge in [-0.25, -0.2) is 15.0 Å². The predicted octanol–water partition coefficient (Wildman–Crippen LogP) is 12.6. The number of fused-ring (bicyclic) bond motifs is 5. The lowest BCUT2D eigenvalue weighted by Gasteiger charge is -2.50. The van der Waals surface area contributed by atoms with E-state index in [1.54, 1.807) is 0 Å². The van der Waals surface area contributed by atoms with Crippen molar-refractivity contribution in [3.8, 4) is 45.3 Å². The topological polar surface area (TPSA) is 38.7 Å². The maximum absolute atomic E-state index is 5.00. The molecule has 0 saturated carbocycles. The van der Waals surface area contributed by atoms with Gasteiger partial charge in [-0.05, 0) is 79.4 Å². The highest BCUT2D eigenvalue weighted by molar-refractivity contribution is 5.95. The lowest BCUT2D eigenvalue weighted by molar-refractivity contribution is 0.555. The van der Waals surface area contributed by atoms with Crippen LogP contribution in [0.15, 0.2) is 199 Å². The fourth-order valence-electron chi connectivity index (χ4n) is 9.34. The van der Waals surface area contributed by atoms with Crippen LogP contribution >= 0.6 is 0 Å². The van der Waals surface area contributed by atoms with Crippen LogP contribution in [-0.4, -0.2) is 15.0 Å². The molecular formula is C53H41N3. The lowest BCUT2D eigenvalue weighted by atomic mass is 9.51. The Balaban J connectivity index is 1.06. The number of allylic oxidation sites excluding steroid dienone is 7. The smallest absolute Gasteiger partial charge is 0.164 e. The first-order valence-corrected chi connectivity index (χ1v) is 19.5. The summed E-state index contributed by atoms with van der Waals surface area (Å²) in [7, 11) is 0. The summed E-state index contributed by atoms with van der Waals surface area (Å²) in [6.45, 7) is 11.9. The van der Waals surface area contributed by atoms with Gasteiger partial charge in [0, 0.05) is 28.0 Å². The third kappa shape index (κ3) is 5.15. The summed E-state index contributed by atoms with van der Waals surface area (Å²) in [5, 5.41) is 0. The second kappa shape index (κ2) is 13.0. The van der Waals surface area contributed by atoms with Gasteiger partial charge < -0.3 is 0 Å². The molecule has 0 saturated heterocycles. The largest absolute Gasteiger partial charge is 0.208 e. The molecule has 3 aliphatic carbocycles. The molecular weight excluding hydrogens is 679 g/mol. The van der Waals surface area contributed by atoms with Crippen LogP contribution in [0, 0.1) is 5.92 Å². The van der Waals surface area contributed by atoms with Crippen molar-refractivity contribution >= 4 is 5.57 Å². The quantitative estimate of drug-likeness (QED) is 0.178. The molecule has 3 aliphatic rings. The van der Waals surface area contributed by atoms with E-state index in [4.69, 9.17) is 21.5 Å². The van der Waals surface area contributed by atoms with Gasteiger partial charge in [0.25, 0.3) is 0 Å². The fraction of sp³-hybridized carbons (Fsp3) is 0.113. The maximum Gasteiger partial charge on any atom is 0.164 e. The Morgan fingerprint density at radius 3 is 1.46 bits per heavy atom. The summed E-state index contributed by atoms with van der Waals surface area (Å²) in [5.41, 5.74) is 16.3. The molecule has 1 aromatic heterocycles. The van der Waals surface area contributed by atoms with Crippen LogP contribution in [0.5, 0.6) is 0 Å². The Morgan fingerprint density at radius 2 is 0.911 bits per heavy atom. The fourth-order valence-corrected chi connectivity index (χ4v) is 9.34. The molecule has 1 heterocycles. The van der Waals surface area contributed by atoms with Gasteiger partial charge in [0.2, 0.25) is 0 Å². The second-order valence-corrected chi connectivity index (χ2v) is 15.7. The zero-order valence-electron chi connectivity index (χ0n) is 31.9. The van der Waals surface area contributed by atoms with Gasteiger partial charge in [-0.2, -0.15) is 0 Å². The molecule has 6 aromatic carbocycles. The highest BCUT2D eigenvalue weighted by atomic mass is 15.0. The number of rotatable bonds is 5. The average molecular weight is 720 g/mol. The Morgan fingerprint density at radius 1 is 0.482 bits per heavy atom. The molecule has 1 unspecified atom stereocenters. The van der Waals surface area contributed by atoms with Crippen LogP contribution in [0.4, 0.5) is 0 Å². The van der Waals surface area contributed by atoms with Gasteiger partial charge in [0.05, 0.1) is 5.41 Å². The van der Waals surface area contributed by atoms with Crippen molar-refractivity contribution in [2.24, 2.45) is 5.92 Å². The number of hydrogen-bond acceptors (Lipinski definition) is 3. The molecule has 3 heteroatoms. The van der Waals surface area contributed by atoms with Gasteiger partial charge in [-0.3, -0.25) is 0 Å². The van der Waals surface area contributed by atoms with E-state index in [9.17, 15) is 0 Å². The van der Waals surface area contributed by atoms with Gasteiger partial charge in [-0.1, -0.05) is 185 Å². The standard InChI is InChI=1S/C53H41N3/c1-34-29-30-35(2)53(45-27-13-11-25-43(45)52(3,4)44-26-12-14-28-46(44)53)47-33-42(48(34)47)40-23-15-21-38(31-40)39-22-16-24-41(32-39)51-55-49(36-17-7-5-8-18-36)54-50(56-51)37-19-9-6-10-20-37/h5-34H,2H2,1,3-4H3. The van der Waals surface area contributed by atoms with E-state index in [1.165, 1.54) is 44.5 Å². The SMILES string of the molecule is C=C1C=CC(C)C2=C(C=C2c2cccc(-c3cccc(-c4nc(-c5ccccc5)nc(-c5ccccc5)n4)c3)c2)C12c1ccccc1C(C)(C)c1ccccc12. The van der Waals surface area contributed by atoms with Gasteiger partial charge in [0.15, 0.2) is 17.5 Å². The van der Waals surface area contributed by atoms with Crippen LogP contribution in [0.3, 0.4) is 0 Å². The third-order valence-electron chi connectivity index (χ3n) is 12.1. The Bertz CT molecular complexity index is 2700. The van der Waals surface area contributed by atoms with Gasteiger partial charge in [-0.15, -0.1) is 0 Å². The van der Waals surface area contributed by atoms with Crippen molar-refractivity contribution < 1.29 is 0 Å². The zero-order chi connectivity index (χ0) is 38.0. The minimum absolute atomic E-state index is 0.131. The minimum atomic E-state index is -0.462. The van der Waals surface area contributed by atoms with Crippen molar-refractivity contribution in [3.05, 3.63) is 227 Å². The molecule has 1 atom stereocenters. The molecule has 0 amide bonds. The average Bonchev–Trinajstić information content (AvgIpc) is 3.32. The zero-order valence-corrected chi connectivity index (χ0v) is 31.9. The number of nitrogens with zero attached hydrogens (tertiary/aromatic N) is 3. The molecule has 0 radical (unpaired) electrons. The molecule has 10 rings (SSSR count). The first-order chi connectivity index (χ1) is 27.3. The Hall–Kier alpha value is -6.71. The van der Waals surface area contributed by atoms with E-state index in [0.29, 0.717) is 17.5 Å². The third-order valence-corrected chi connectivity index (χ3v) is 12.1. The Labute approximate surface area is 329 Å². The number of benzene rings is 6. The molecule has 0 fully saturated rings. The maximum atomic E-state index is 5.00. The van der Waals surface area contributed by atoms with Crippen LogP contribution in [0.25, 0.3) is 50.9 Å². The molecule has 0 bridgehead atoms. The predicted molar refractivity (Wildman–Crippen MR) is 230 cm³/mol. The molecule has 3 nitrogen and oxygen atoms in total. The summed E-state index contributed by atoms with van der Waals surface area (Å²) in [6.07, 6.45) is 7.09. The molecule has 7 aromatic rings. The summed E-state index contributed by atoms with van der Waals surface area (Å²) in [4.78, 5) is 14.9. The van der Waals surface area contributed by atoms with Crippen LogP contribution in [0.1, 0.15) is 48.6 Å². The highest BCUT2D eigenvalue weighted by Crippen LogP contribution is 2.62. The van der Waals surface area contributed by atoms with Gasteiger partial charge >= 0.3 is 0 Å². The normalized spacial score (nSPS) is 17.3. The summed E-state index contributed by atoms with van der Waals surface area (Å²) in [5.74, 6) is 2.18. The highest BCUT2D eigenvalue weighted by Gasteiger charge is 2.52. The van der Waals surface area contributed by atoms with Crippen molar-refractivity contribution in [3.63, 3.8) is 0 Å². The van der Waals surface area contributed by atoms with Crippen molar-refractivity contribution in [1.29, 1.82) is 0 Å². The van der Waals surface area contributed by atoms with E-state index in [2.05, 4.69) is 136 Å². The number of aromatic nitrogens is 3. The lowest BCUT2D eigenvalue weighted by Crippen LogP contribution is -2.43. The van der Waals surface area contributed by atoms with Crippen molar-refractivity contribution in [2.45, 2.75) is 31.6 Å². The van der Waals surface area contributed by atoms with E-state index in [1.807, 2.05) is 60.7 Å². The number of hydrogen-bond donors (Lipinski definition) is 0. The molecule has 268 valence electrons. The van der Waals surface area contributed by atoms with Crippen molar-refractivity contribution in [2.75, 3.05) is 0 Å². The first kappa shape index (κ1) is 33.8. The molecule has 0 N–H and O–H groups in total. The Kier molecular flexibility index (Phi) is 7.83. The van der Waals surface area contributed by atoms with Crippen molar-refractivity contribution in [1.82, 2.24) is 15.0 Å². The van der Waals surface area contributed by atoms with E-state index >= 15 is 0 Å². The molecule has 56 heavy (non-hydrogen) atoms. The first-order valence-electron chi connectivity index (χ1n) is 19.5. The summed E-state index contributed by atoms with van der Waals surface area (Å²) < 4.78 is 0.